The Labute approximate surface area is 174 Å². The summed E-state index contributed by atoms with van der Waals surface area (Å²) in [5.41, 5.74) is 1.42. The van der Waals surface area contributed by atoms with E-state index in [0.29, 0.717) is 22.7 Å². The SMILES string of the molecule is COc1ccc(/C=C(\C#N)C(=O)OC(C)C(=O)Nc2ccc(NC(C)=O)cc2)cc1. The number of nitriles is 1. The summed E-state index contributed by atoms with van der Waals surface area (Å²) in [6, 6.07) is 15.0. The van der Waals surface area contributed by atoms with Gasteiger partial charge in [-0.25, -0.2) is 4.79 Å². The highest BCUT2D eigenvalue weighted by molar-refractivity contribution is 6.01. The summed E-state index contributed by atoms with van der Waals surface area (Å²) in [5, 5.41) is 14.5. The lowest BCUT2D eigenvalue weighted by Gasteiger charge is -2.13. The van der Waals surface area contributed by atoms with Crippen LogP contribution in [0.15, 0.2) is 54.1 Å². The molecule has 0 fully saturated rings. The lowest BCUT2D eigenvalue weighted by molar-refractivity contribution is -0.148. The number of nitrogens with one attached hydrogen (secondary N) is 2. The van der Waals surface area contributed by atoms with E-state index in [1.54, 1.807) is 54.6 Å². The zero-order chi connectivity index (χ0) is 22.1. The molecule has 8 heteroatoms. The van der Waals surface area contributed by atoms with Crippen LogP contribution in [0, 0.1) is 11.3 Å². The van der Waals surface area contributed by atoms with E-state index in [-0.39, 0.29) is 11.5 Å². The molecule has 30 heavy (non-hydrogen) atoms. The van der Waals surface area contributed by atoms with Crippen LogP contribution >= 0.6 is 0 Å². The molecule has 2 N–H and O–H groups in total. The maximum absolute atomic E-state index is 12.3. The second kappa shape index (κ2) is 10.4. The second-order valence-electron chi connectivity index (χ2n) is 6.24. The number of amides is 2. The summed E-state index contributed by atoms with van der Waals surface area (Å²) in [4.78, 5) is 35.6. The number of benzene rings is 2. The first kappa shape index (κ1) is 22.2. The molecule has 0 saturated heterocycles. The predicted molar refractivity (Wildman–Crippen MR) is 112 cm³/mol. The highest BCUT2D eigenvalue weighted by Crippen LogP contribution is 2.16. The molecule has 0 aliphatic rings. The van der Waals surface area contributed by atoms with Crippen LogP contribution < -0.4 is 15.4 Å². The molecule has 154 valence electrons. The fraction of sp³-hybridized carbons (Fsp3) is 0.182. The van der Waals surface area contributed by atoms with E-state index < -0.39 is 18.0 Å². The van der Waals surface area contributed by atoms with Crippen molar-refractivity contribution in [3.63, 3.8) is 0 Å². The van der Waals surface area contributed by atoms with Gasteiger partial charge in [0.05, 0.1) is 7.11 Å². The third-order valence-electron chi connectivity index (χ3n) is 3.89. The molecule has 0 aliphatic carbocycles. The Morgan fingerprint density at radius 2 is 1.57 bits per heavy atom. The predicted octanol–water partition coefficient (Wildman–Crippen LogP) is 3.13. The van der Waals surface area contributed by atoms with Gasteiger partial charge >= 0.3 is 5.97 Å². The van der Waals surface area contributed by atoms with Crippen molar-refractivity contribution in [3.05, 3.63) is 59.7 Å². The van der Waals surface area contributed by atoms with E-state index in [1.165, 1.54) is 27.0 Å². The van der Waals surface area contributed by atoms with Crippen molar-refractivity contribution in [3.8, 4) is 11.8 Å². The van der Waals surface area contributed by atoms with E-state index in [0.717, 1.165) is 0 Å². The summed E-state index contributed by atoms with van der Waals surface area (Å²) in [7, 11) is 1.53. The Morgan fingerprint density at radius 3 is 2.07 bits per heavy atom. The molecule has 2 aromatic carbocycles. The Hall–Kier alpha value is -4.12. The van der Waals surface area contributed by atoms with Crippen LogP contribution in [0.1, 0.15) is 19.4 Å². The van der Waals surface area contributed by atoms with Gasteiger partial charge < -0.3 is 20.1 Å². The minimum atomic E-state index is -1.12. The van der Waals surface area contributed by atoms with Crippen LogP contribution in [0.5, 0.6) is 5.75 Å². The lowest BCUT2D eigenvalue weighted by Crippen LogP contribution is -2.30. The van der Waals surface area contributed by atoms with Crippen molar-refractivity contribution in [2.45, 2.75) is 20.0 Å². The van der Waals surface area contributed by atoms with Gasteiger partial charge in [0, 0.05) is 18.3 Å². The zero-order valence-electron chi connectivity index (χ0n) is 16.8. The summed E-state index contributed by atoms with van der Waals surface area (Å²) in [5.74, 6) is -1.03. The van der Waals surface area contributed by atoms with Gasteiger partial charge in [0.2, 0.25) is 5.91 Å². The normalized spacial score (nSPS) is 11.6. The van der Waals surface area contributed by atoms with E-state index in [2.05, 4.69) is 10.6 Å². The van der Waals surface area contributed by atoms with E-state index in [9.17, 15) is 19.6 Å². The average Bonchev–Trinajstić information content (AvgIpc) is 2.73. The van der Waals surface area contributed by atoms with Crippen molar-refractivity contribution < 1.29 is 23.9 Å². The molecule has 2 rings (SSSR count). The van der Waals surface area contributed by atoms with Gasteiger partial charge in [-0.15, -0.1) is 0 Å². The molecular formula is C22H21N3O5. The quantitative estimate of drug-likeness (QED) is 0.414. The third kappa shape index (κ3) is 6.49. The van der Waals surface area contributed by atoms with Gasteiger partial charge in [-0.3, -0.25) is 9.59 Å². The minimum Gasteiger partial charge on any atom is -0.497 e. The first-order chi connectivity index (χ1) is 14.3. The van der Waals surface area contributed by atoms with E-state index >= 15 is 0 Å². The van der Waals surface area contributed by atoms with Crippen molar-refractivity contribution in [2.75, 3.05) is 17.7 Å². The van der Waals surface area contributed by atoms with Crippen LogP contribution in [-0.4, -0.2) is 31.0 Å². The fourth-order valence-electron chi connectivity index (χ4n) is 2.37. The Kier molecular flexibility index (Phi) is 7.71. The lowest BCUT2D eigenvalue weighted by atomic mass is 10.1. The van der Waals surface area contributed by atoms with Crippen molar-refractivity contribution >= 4 is 35.2 Å². The number of hydrogen-bond acceptors (Lipinski definition) is 6. The standard InChI is InChI=1S/C22H21N3O5/c1-14(21(27)25-19-8-6-18(7-9-19)24-15(2)26)30-22(28)17(13-23)12-16-4-10-20(29-3)11-5-16/h4-12,14H,1-3H3,(H,24,26)(H,25,27)/b17-12+. The maximum Gasteiger partial charge on any atom is 0.349 e. The number of rotatable bonds is 7. The average molecular weight is 407 g/mol. The summed E-state index contributed by atoms with van der Waals surface area (Å²) in [6.07, 6.45) is 0.243. The molecule has 0 saturated carbocycles. The number of hydrogen-bond donors (Lipinski definition) is 2. The van der Waals surface area contributed by atoms with Gasteiger partial charge in [-0.2, -0.15) is 5.26 Å². The van der Waals surface area contributed by atoms with E-state index in [4.69, 9.17) is 9.47 Å². The van der Waals surface area contributed by atoms with Gasteiger partial charge in [-0.1, -0.05) is 12.1 Å². The fourth-order valence-corrected chi connectivity index (χ4v) is 2.37. The number of ether oxygens (including phenoxy) is 2. The Morgan fingerprint density at radius 1 is 1.00 bits per heavy atom. The number of methoxy groups -OCH3 is 1. The molecule has 0 aliphatic heterocycles. The Bertz CT molecular complexity index is 989. The Balaban J connectivity index is 1.98. The highest BCUT2D eigenvalue weighted by atomic mass is 16.5. The molecule has 8 nitrogen and oxygen atoms in total. The molecular weight excluding hydrogens is 386 g/mol. The number of esters is 1. The topological polar surface area (TPSA) is 118 Å². The maximum atomic E-state index is 12.3. The summed E-state index contributed by atoms with van der Waals surface area (Å²) in [6.45, 7) is 2.80. The minimum absolute atomic E-state index is 0.205. The van der Waals surface area contributed by atoms with Gasteiger partial charge in [0.25, 0.3) is 5.91 Å². The number of anilines is 2. The number of carbonyl (C=O) groups is 3. The monoisotopic (exact) mass is 407 g/mol. The molecule has 0 spiro atoms. The van der Waals surface area contributed by atoms with Crippen LogP contribution in [-0.2, 0) is 19.1 Å². The first-order valence-electron chi connectivity index (χ1n) is 8.97. The molecule has 2 aromatic rings. The van der Waals surface area contributed by atoms with Crippen LogP contribution in [0.3, 0.4) is 0 Å². The van der Waals surface area contributed by atoms with Crippen molar-refractivity contribution in [2.24, 2.45) is 0 Å². The summed E-state index contributed by atoms with van der Waals surface area (Å²) >= 11 is 0. The van der Waals surface area contributed by atoms with Gasteiger partial charge in [0.1, 0.15) is 17.4 Å². The zero-order valence-corrected chi connectivity index (χ0v) is 16.8. The molecule has 0 aromatic heterocycles. The molecule has 2 amide bonds. The molecule has 0 radical (unpaired) electrons. The van der Waals surface area contributed by atoms with Crippen LogP contribution in [0.25, 0.3) is 6.08 Å². The van der Waals surface area contributed by atoms with Crippen molar-refractivity contribution in [1.82, 2.24) is 0 Å². The number of carbonyl (C=O) groups excluding carboxylic acids is 3. The number of nitrogens with zero attached hydrogens (tertiary/aromatic N) is 1. The largest absolute Gasteiger partial charge is 0.497 e. The smallest absolute Gasteiger partial charge is 0.349 e. The summed E-state index contributed by atoms with van der Waals surface area (Å²) < 4.78 is 10.2. The molecule has 1 unspecified atom stereocenters. The van der Waals surface area contributed by atoms with Crippen LogP contribution in [0.4, 0.5) is 11.4 Å². The molecule has 0 heterocycles. The van der Waals surface area contributed by atoms with Crippen molar-refractivity contribution in [1.29, 1.82) is 5.26 Å². The molecule has 1 atom stereocenters. The third-order valence-corrected chi connectivity index (χ3v) is 3.89. The van der Waals surface area contributed by atoms with Gasteiger partial charge in [-0.05, 0) is 55.0 Å². The molecule has 0 bridgehead atoms. The van der Waals surface area contributed by atoms with Crippen LogP contribution in [0.2, 0.25) is 0 Å². The van der Waals surface area contributed by atoms with E-state index in [1.807, 2.05) is 0 Å². The highest BCUT2D eigenvalue weighted by Gasteiger charge is 2.20. The second-order valence-corrected chi connectivity index (χ2v) is 6.24. The first-order valence-corrected chi connectivity index (χ1v) is 8.97. The van der Waals surface area contributed by atoms with Gasteiger partial charge in [0.15, 0.2) is 6.10 Å².